The Kier molecular flexibility index (Phi) is 8.11. The van der Waals surface area contributed by atoms with Crippen molar-refractivity contribution in [2.24, 2.45) is 11.7 Å². The van der Waals surface area contributed by atoms with E-state index in [2.05, 4.69) is 5.32 Å². The molecule has 1 saturated carbocycles. The van der Waals surface area contributed by atoms with Crippen LogP contribution in [0.4, 0.5) is 0 Å². The topological polar surface area (TPSA) is 95.7 Å². The van der Waals surface area contributed by atoms with Gasteiger partial charge in [-0.05, 0) is 72.6 Å². The van der Waals surface area contributed by atoms with Gasteiger partial charge in [-0.1, -0.05) is 56.4 Å². The molecule has 0 aromatic heterocycles. The first-order valence-electron chi connectivity index (χ1n) is 13.0. The Bertz CT molecular complexity index is 1040. The number of hydrogen-bond acceptors (Lipinski definition) is 4. The summed E-state index contributed by atoms with van der Waals surface area (Å²) in [5.41, 5.74) is 11.4. The average Bonchev–Trinajstić information content (AvgIpc) is 2.85. The molecule has 6 heteroatoms. The second-order valence-electron chi connectivity index (χ2n) is 10.4. The number of phenolic OH excluding ortho intramolecular Hbond substituents is 1. The first-order valence-corrected chi connectivity index (χ1v) is 13.0. The van der Waals surface area contributed by atoms with Crippen LogP contribution in [0.5, 0.6) is 5.75 Å². The van der Waals surface area contributed by atoms with E-state index in [1.165, 1.54) is 32.1 Å². The van der Waals surface area contributed by atoms with Crippen LogP contribution in [0.15, 0.2) is 36.4 Å². The first kappa shape index (κ1) is 25.2. The summed E-state index contributed by atoms with van der Waals surface area (Å²) in [4.78, 5) is 28.6. The number of carbonyl (C=O) groups excluding carboxylic acids is 2. The van der Waals surface area contributed by atoms with Gasteiger partial charge in [0.25, 0.3) is 0 Å². The van der Waals surface area contributed by atoms with Gasteiger partial charge in [-0.15, -0.1) is 0 Å². The van der Waals surface area contributed by atoms with E-state index in [-0.39, 0.29) is 17.6 Å². The minimum absolute atomic E-state index is 0.0899. The van der Waals surface area contributed by atoms with Gasteiger partial charge in [0.15, 0.2) is 0 Å². The van der Waals surface area contributed by atoms with Crippen LogP contribution >= 0.6 is 0 Å². The number of nitrogens with two attached hydrogens (primary N) is 1. The summed E-state index contributed by atoms with van der Waals surface area (Å²) in [5.74, 6) is 0.604. The quantitative estimate of drug-likeness (QED) is 0.563. The molecule has 4 N–H and O–H groups in total. The van der Waals surface area contributed by atoms with Crippen molar-refractivity contribution in [3.8, 4) is 5.75 Å². The maximum absolute atomic E-state index is 13.6. The monoisotopic (exact) mass is 477 g/mol. The summed E-state index contributed by atoms with van der Waals surface area (Å²) in [6, 6.07) is 10.1. The molecular formula is C29H39N3O3. The van der Waals surface area contributed by atoms with Crippen molar-refractivity contribution in [2.75, 3.05) is 6.54 Å². The van der Waals surface area contributed by atoms with Gasteiger partial charge in [-0.3, -0.25) is 9.59 Å². The predicted molar refractivity (Wildman–Crippen MR) is 138 cm³/mol. The number of carbonyl (C=O) groups is 2. The molecule has 0 saturated heterocycles. The Morgan fingerprint density at radius 2 is 1.74 bits per heavy atom. The molecule has 2 unspecified atom stereocenters. The Morgan fingerprint density at radius 3 is 2.43 bits per heavy atom. The number of aromatic hydroxyl groups is 1. The Labute approximate surface area is 208 Å². The lowest BCUT2D eigenvalue weighted by Gasteiger charge is -2.37. The number of nitrogens with zero attached hydrogens (tertiary/aromatic N) is 1. The van der Waals surface area contributed by atoms with Crippen LogP contribution in [0.1, 0.15) is 66.3 Å². The van der Waals surface area contributed by atoms with Crippen LogP contribution in [0.3, 0.4) is 0 Å². The van der Waals surface area contributed by atoms with Gasteiger partial charge in [0.2, 0.25) is 11.8 Å². The van der Waals surface area contributed by atoms with E-state index in [0.29, 0.717) is 31.8 Å². The highest BCUT2D eigenvalue weighted by molar-refractivity contribution is 5.90. The standard InChI is InChI=1S/C29H39N3O3/c1-19-14-24(33)15-20(2)25(19)17-26(30)29(35)32-18-23-11-7-6-10-22(23)16-27(32)28(34)31-13-12-21-8-4-3-5-9-21/h6-7,10-11,14-15,21,26-27,33H,3-5,8-9,12-13,16-18,30H2,1-2H3,(H,31,34). The highest BCUT2D eigenvalue weighted by atomic mass is 16.3. The van der Waals surface area contributed by atoms with E-state index in [1.54, 1.807) is 17.0 Å². The van der Waals surface area contributed by atoms with Gasteiger partial charge in [0.1, 0.15) is 11.8 Å². The molecular weight excluding hydrogens is 438 g/mol. The molecule has 0 spiro atoms. The predicted octanol–water partition coefficient (Wildman–Crippen LogP) is 3.92. The number of benzene rings is 2. The molecule has 1 heterocycles. The molecule has 35 heavy (non-hydrogen) atoms. The fourth-order valence-corrected chi connectivity index (χ4v) is 5.79. The molecule has 0 bridgehead atoms. The third-order valence-corrected chi connectivity index (χ3v) is 7.83. The van der Waals surface area contributed by atoms with Crippen molar-refractivity contribution in [3.05, 3.63) is 64.2 Å². The van der Waals surface area contributed by atoms with E-state index in [9.17, 15) is 14.7 Å². The van der Waals surface area contributed by atoms with Crippen molar-refractivity contribution in [1.29, 1.82) is 0 Å². The highest BCUT2D eigenvalue weighted by Gasteiger charge is 2.36. The summed E-state index contributed by atoms with van der Waals surface area (Å²) < 4.78 is 0. The summed E-state index contributed by atoms with van der Waals surface area (Å²) in [5, 5.41) is 13.0. The smallest absolute Gasteiger partial charge is 0.243 e. The lowest BCUT2D eigenvalue weighted by atomic mass is 9.87. The van der Waals surface area contributed by atoms with Crippen LogP contribution in [-0.2, 0) is 29.0 Å². The molecule has 2 aliphatic rings. The number of aryl methyl sites for hydroxylation is 2. The zero-order valence-electron chi connectivity index (χ0n) is 21.1. The van der Waals surface area contributed by atoms with E-state index in [1.807, 2.05) is 38.1 Å². The number of fused-ring (bicyclic) bond motifs is 1. The molecule has 188 valence electrons. The van der Waals surface area contributed by atoms with Gasteiger partial charge in [0.05, 0.1) is 6.04 Å². The van der Waals surface area contributed by atoms with Crippen LogP contribution in [0.25, 0.3) is 0 Å². The fourth-order valence-electron chi connectivity index (χ4n) is 5.79. The minimum Gasteiger partial charge on any atom is -0.508 e. The zero-order chi connectivity index (χ0) is 24.9. The highest BCUT2D eigenvalue weighted by Crippen LogP contribution is 2.27. The van der Waals surface area contributed by atoms with Crippen LogP contribution in [0, 0.1) is 19.8 Å². The molecule has 2 aromatic rings. The van der Waals surface area contributed by atoms with Gasteiger partial charge in [-0.25, -0.2) is 0 Å². The number of hydrogen-bond donors (Lipinski definition) is 3. The lowest BCUT2D eigenvalue weighted by Crippen LogP contribution is -2.56. The summed E-state index contributed by atoms with van der Waals surface area (Å²) in [6.45, 7) is 4.87. The number of rotatable bonds is 7. The van der Waals surface area contributed by atoms with Crippen LogP contribution in [-0.4, -0.2) is 40.4 Å². The molecule has 0 radical (unpaired) electrons. The summed E-state index contributed by atoms with van der Waals surface area (Å²) in [6.07, 6.45) is 8.28. The molecule has 4 rings (SSSR count). The van der Waals surface area contributed by atoms with Crippen molar-refractivity contribution in [2.45, 2.75) is 83.8 Å². The molecule has 1 fully saturated rings. The van der Waals surface area contributed by atoms with Gasteiger partial charge < -0.3 is 21.1 Å². The molecule has 2 atom stereocenters. The van der Waals surface area contributed by atoms with E-state index >= 15 is 0 Å². The van der Waals surface area contributed by atoms with Crippen molar-refractivity contribution in [1.82, 2.24) is 10.2 Å². The Balaban J connectivity index is 1.47. The van der Waals surface area contributed by atoms with Crippen LogP contribution in [0.2, 0.25) is 0 Å². The average molecular weight is 478 g/mol. The number of nitrogens with one attached hydrogen (secondary N) is 1. The first-order chi connectivity index (χ1) is 16.8. The maximum Gasteiger partial charge on any atom is 0.243 e. The third kappa shape index (κ3) is 6.04. The van der Waals surface area contributed by atoms with E-state index in [0.717, 1.165) is 34.2 Å². The lowest BCUT2D eigenvalue weighted by molar-refractivity contribution is -0.142. The molecule has 1 aliphatic heterocycles. The third-order valence-electron chi connectivity index (χ3n) is 7.83. The summed E-state index contributed by atoms with van der Waals surface area (Å²) in [7, 11) is 0. The Morgan fingerprint density at radius 1 is 1.09 bits per heavy atom. The molecule has 6 nitrogen and oxygen atoms in total. The minimum atomic E-state index is -0.764. The maximum atomic E-state index is 13.6. The Hall–Kier alpha value is -2.86. The fraction of sp³-hybridized carbons (Fsp3) is 0.517. The normalized spacial score (nSPS) is 19.2. The molecule has 1 aliphatic carbocycles. The second-order valence-corrected chi connectivity index (χ2v) is 10.4. The van der Waals surface area contributed by atoms with Crippen LogP contribution < -0.4 is 11.1 Å². The summed E-state index contributed by atoms with van der Waals surface area (Å²) >= 11 is 0. The second kappa shape index (κ2) is 11.3. The SMILES string of the molecule is Cc1cc(O)cc(C)c1CC(N)C(=O)N1Cc2ccccc2CC1C(=O)NCCC1CCCCC1. The zero-order valence-corrected chi connectivity index (χ0v) is 21.1. The molecule has 2 amide bonds. The van der Waals surface area contributed by atoms with E-state index in [4.69, 9.17) is 5.73 Å². The van der Waals surface area contributed by atoms with Crippen molar-refractivity contribution in [3.63, 3.8) is 0 Å². The number of amides is 2. The van der Waals surface area contributed by atoms with E-state index < -0.39 is 12.1 Å². The largest absolute Gasteiger partial charge is 0.508 e. The van der Waals surface area contributed by atoms with Gasteiger partial charge >= 0.3 is 0 Å². The molecule has 2 aromatic carbocycles. The van der Waals surface area contributed by atoms with Crippen molar-refractivity contribution < 1.29 is 14.7 Å². The van der Waals surface area contributed by atoms with Gasteiger partial charge in [-0.2, -0.15) is 0 Å². The van der Waals surface area contributed by atoms with Gasteiger partial charge in [0, 0.05) is 19.5 Å². The number of phenols is 1. The van der Waals surface area contributed by atoms with Crippen molar-refractivity contribution >= 4 is 11.8 Å².